The molecule has 2 heterocycles. The van der Waals surface area contributed by atoms with Gasteiger partial charge in [-0.25, -0.2) is 4.98 Å². The highest BCUT2D eigenvalue weighted by Crippen LogP contribution is 2.32. The van der Waals surface area contributed by atoms with E-state index in [0.717, 1.165) is 11.3 Å². The van der Waals surface area contributed by atoms with Crippen LogP contribution in [0.5, 0.6) is 0 Å². The van der Waals surface area contributed by atoms with Crippen LogP contribution in [0.1, 0.15) is 36.9 Å². The molecular weight excluding hydrogens is 324 g/mol. The Hall–Kier alpha value is -1.10. The summed E-state index contributed by atoms with van der Waals surface area (Å²) in [7, 11) is 0. The summed E-state index contributed by atoms with van der Waals surface area (Å²) < 4.78 is 5.21. The molecule has 1 aromatic rings. The predicted molar refractivity (Wildman–Crippen MR) is 83.1 cm³/mol. The van der Waals surface area contributed by atoms with Gasteiger partial charge in [-0.15, -0.1) is 0 Å². The predicted octanol–water partition coefficient (Wildman–Crippen LogP) is -0.0671. The summed E-state index contributed by atoms with van der Waals surface area (Å²) in [6, 6.07) is 0. The van der Waals surface area contributed by atoms with Crippen molar-refractivity contribution in [3.63, 3.8) is 0 Å². The molecule has 0 radical (unpaired) electrons. The van der Waals surface area contributed by atoms with Gasteiger partial charge in [0, 0.05) is 5.41 Å². The van der Waals surface area contributed by atoms with Crippen molar-refractivity contribution >= 4 is 22.3 Å². The largest absolute Gasteiger partial charge is 0.394 e. The van der Waals surface area contributed by atoms with Crippen LogP contribution in [0.3, 0.4) is 0 Å². The number of nitrogens with zero attached hydrogens (tertiary/aromatic N) is 1. The van der Waals surface area contributed by atoms with Crippen molar-refractivity contribution in [2.24, 2.45) is 5.41 Å². The second-order valence-electron chi connectivity index (χ2n) is 6.62. The van der Waals surface area contributed by atoms with E-state index < -0.39 is 36.2 Å². The lowest BCUT2D eigenvalue weighted by Crippen LogP contribution is -2.59. The molecule has 2 rings (SSSR count). The summed E-state index contributed by atoms with van der Waals surface area (Å²) in [6.07, 6.45) is -2.61. The minimum absolute atomic E-state index is 0.0803. The number of nitrogens with one attached hydrogen (secondary N) is 1. The van der Waals surface area contributed by atoms with Crippen LogP contribution in [0.2, 0.25) is 0 Å². The molecule has 0 saturated carbocycles. The van der Waals surface area contributed by atoms with Gasteiger partial charge < -0.3 is 30.5 Å². The van der Waals surface area contributed by atoms with Crippen LogP contribution in [0, 0.1) is 5.41 Å². The van der Waals surface area contributed by atoms with Crippen molar-refractivity contribution in [3.8, 4) is 0 Å². The van der Waals surface area contributed by atoms with E-state index in [0.29, 0.717) is 4.88 Å². The molecule has 1 fully saturated rings. The lowest BCUT2D eigenvalue weighted by molar-refractivity contribution is -0.291. The van der Waals surface area contributed by atoms with Gasteiger partial charge in [0.2, 0.25) is 0 Å². The molecule has 0 aromatic carbocycles. The molecule has 9 heteroatoms. The third-order valence-corrected chi connectivity index (χ3v) is 4.41. The van der Waals surface area contributed by atoms with Gasteiger partial charge in [-0.05, 0) is 0 Å². The molecule has 1 aliphatic heterocycles. The molecule has 5 N–H and O–H groups in total. The number of anilines is 1. The third-order valence-electron chi connectivity index (χ3n) is 3.50. The van der Waals surface area contributed by atoms with Gasteiger partial charge in [0.15, 0.2) is 10.9 Å². The molecule has 0 amide bonds. The fraction of sp³-hybridized carbons (Fsp3) is 0.714. The van der Waals surface area contributed by atoms with Gasteiger partial charge >= 0.3 is 0 Å². The molecule has 130 valence electrons. The molecule has 4 unspecified atom stereocenters. The average Bonchev–Trinajstić information content (AvgIpc) is 2.88. The quantitative estimate of drug-likeness (QED) is 0.378. The molecule has 0 aliphatic carbocycles. The summed E-state index contributed by atoms with van der Waals surface area (Å²) in [5.74, 6) is -2.07. The van der Waals surface area contributed by atoms with Crippen LogP contribution < -0.4 is 5.32 Å². The summed E-state index contributed by atoms with van der Waals surface area (Å²) >= 11 is 1.05. The average molecular weight is 346 g/mol. The first-order valence-corrected chi connectivity index (χ1v) is 8.03. The number of rotatable bonds is 4. The van der Waals surface area contributed by atoms with Crippen LogP contribution in [-0.4, -0.2) is 62.0 Å². The SMILES string of the molecule is CC(C)(C)C(=O)c1cnc(NC2(O)CC(O)C(O)C(CO)O2)s1. The number of ketones is 1. The second kappa shape index (κ2) is 6.42. The maximum Gasteiger partial charge on any atom is 0.251 e. The molecule has 4 atom stereocenters. The zero-order chi connectivity index (χ0) is 17.4. The Morgan fingerprint density at radius 1 is 1.52 bits per heavy atom. The van der Waals surface area contributed by atoms with E-state index >= 15 is 0 Å². The highest BCUT2D eigenvalue weighted by molar-refractivity contribution is 7.17. The van der Waals surface area contributed by atoms with Crippen LogP contribution in [0.25, 0.3) is 0 Å². The molecule has 0 bridgehead atoms. The van der Waals surface area contributed by atoms with Gasteiger partial charge in [0.1, 0.15) is 12.2 Å². The smallest absolute Gasteiger partial charge is 0.251 e. The van der Waals surface area contributed by atoms with E-state index in [-0.39, 0.29) is 17.3 Å². The normalized spacial score (nSPS) is 31.9. The number of hydrogen-bond donors (Lipinski definition) is 5. The number of hydrogen-bond acceptors (Lipinski definition) is 9. The summed E-state index contributed by atoms with van der Waals surface area (Å²) in [5, 5.41) is 41.8. The van der Waals surface area contributed by atoms with Crippen LogP contribution in [-0.2, 0) is 4.74 Å². The fourth-order valence-corrected chi connectivity index (χ4v) is 3.25. The van der Waals surface area contributed by atoms with Crippen molar-refractivity contribution in [1.82, 2.24) is 4.98 Å². The Bertz CT molecular complexity index is 572. The van der Waals surface area contributed by atoms with E-state index in [1.165, 1.54) is 6.20 Å². The van der Waals surface area contributed by atoms with Crippen LogP contribution >= 0.6 is 11.3 Å². The molecule has 8 nitrogen and oxygen atoms in total. The van der Waals surface area contributed by atoms with Crippen molar-refractivity contribution < 1.29 is 30.0 Å². The monoisotopic (exact) mass is 346 g/mol. The number of carbonyl (C=O) groups is 1. The van der Waals surface area contributed by atoms with Gasteiger partial charge in [0.05, 0.1) is 30.2 Å². The zero-order valence-corrected chi connectivity index (χ0v) is 14.0. The van der Waals surface area contributed by atoms with E-state index in [9.17, 15) is 20.1 Å². The maximum atomic E-state index is 12.2. The van der Waals surface area contributed by atoms with Crippen LogP contribution in [0.4, 0.5) is 5.13 Å². The lowest BCUT2D eigenvalue weighted by atomic mass is 9.90. The fourth-order valence-electron chi connectivity index (χ4n) is 2.22. The minimum Gasteiger partial charge on any atom is -0.394 e. The van der Waals surface area contributed by atoms with Crippen molar-refractivity contribution in [1.29, 1.82) is 0 Å². The Kier molecular flexibility index (Phi) is 5.09. The first kappa shape index (κ1) is 18.2. The van der Waals surface area contributed by atoms with Gasteiger partial charge in [-0.3, -0.25) is 4.79 Å². The first-order valence-electron chi connectivity index (χ1n) is 7.22. The highest BCUT2D eigenvalue weighted by Gasteiger charge is 2.45. The number of carbonyl (C=O) groups excluding carboxylic acids is 1. The van der Waals surface area contributed by atoms with Crippen molar-refractivity contribution in [2.45, 2.75) is 51.4 Å². The molecule has 1 aromatic heterocycles. The Morgan fingerprint density at radius 3 is 2.74 bits per heavy atom. The molecule has 23 heavy (non-hydrogen) atoms. The van der Waals surface area contributed by atoms with E-state index in [2.05, 4.69) is 10.3 Å². The number of aliphatic hydroxyl groups excluding tert-OH is 3. The zero-order valence-electron chi connectivity index (χ0n) is 13.2. The third kappa shape index (κ3) is 4.06. The van der Waals surface area contributed by atoms with Crippen molar-refractivity contribution in [2.75, 3.05) is 11.9 Å². The topological polar surface area (TPSA) is 132 Å². The molecular formula is C14H22N2O6S. The Morgan fingerprint density at radius 2 is 2.17 bits per heavy atom. The second-order valence-corrected chi connectivity index (χ2v) is 7.65. The lowest BCUT2D eigenvalue weighted by Gasteiger charge is -2.41. The van der Waals surface area contributed by atoms with Gasteiger partial charge in [-0.1, -0.05) is 32.1 Å². The Balaban J connectivity index is 2.13. The van der Waals surface area contributed by atoms with E-state index in [1.807, 2.05) is 0 Å². The number of thiazole rings is 1. The summed E-state index contributed by atoms with van der Waals surface area (Å²) in [4.78, 5) is 16.6. The number of aromatic nitrogens is 1. The van der Waals surface area contributed by atoms with Crippen molar-refractivity contribution in [3.05, 3.63) is 11.1 Å². The van der Waals surface area contributed by atoms with Crippen LogP contribution in [0.15, 0.2) is 6.20 Å². The highest BCUT2D eigenvalue weighted by atomic mass is 32.1. The van der Waals surface area contributed by atoms with E-state index in [1.54, 1.807) is 20.8 Å². The van der Waals surface area contributed by atoms with Gasteiger partial charge in [0.25, 0.3) is 5.91 Å². The van der Waals surface area contributed by atoms with Gasteiger partial charge in [-0.2, -0.15) is 0 Å². The first-order chi connectivity index (χ1) is 10.6. The molecule has 1 saturated heterocycles. The standard InChI is InChI=1S/C14H22N2O6S/c1-13(2,3)11(20)9-5-15-12(23-9)16-14(21)4-7(18)10(19)8(6-17)22-14/h5,7-8,10,17-19,21H,4,6H2,1-3H3,(H,15,16). The summed E-state index contributed by atoms with van der Waals surface area (Å²) in [6.45, 7) is 4.82. The Labute approximate surface area is 137 Å². The molecule has 0 spiro atoms. The number of ether oxygens (including phenoxy) is 1. The minimum atomic E-state index is -1.99. The summed E-state index contributed by atoms with van der Waals surface area (Å²) in [5.41, 5.74) is -0.551. The van der Waals surface area contributed by atoms with E-state index in [4.69, 9.17) is 9.84 Å². The molecule has 1 aliphatic rings. The number of Topliss-reactive ketones (excluding diaryl/α,β-unsaturated/α-hetero) is 1. The number of aliphatic hydroxyl groups is 4. The maximum absolute atomic E-state index is 12.2.